The van der Waals surface area contributed by atoms with Crippen LogP contribution in [0.2, 0.25) is 0 Å². The number of hydrogen-bond acceptors (Lipinski definition) is 0. The second kappa shape index (κ2) is 4.84. The average Bonchev–Trinajstić information content (AvgIpc) is 2.39. The third-order valence-electron chi connectivity index (χ3n) is 5.22. The number of hydrogen-bond donors (Lipinski definition) is 0. The Morgan fingerprint density at radius 2 is 1.65 bits per heavy atom. The van der Waals surface area contributed by atoms with Gasteiger partial charge >= 0.3 is 0 Å². The van der Waals surface area contributed by atoms with Crippen LogP contribution in [0.4, 0.5) is 0 Å². The molecular weight excluding hydrogens is 204 g/mol. The van der Waals surface area contributed by atoms with Gasteiger partial charge in [-0.15, -0.1) is 0 Å². The maximum absolute atomic E-state index is 2.47. The molecule has 0 amide bonds. The van der Waals surface area contributed by atoms with Crippen molar-refractivity contribution in [3.63, 3.8) is 0 Å². The van der Waals surface area contributed by atoms with Gasteiger partial charge in [-0.25, -0.2) is 0 Å². The van der Waals surface area contributed by atoms with Gasteiger partial charge in [0, 0.05) is 0 Å². The van der Waals surface area contributed by atoms with Gasteiger partial charge in [-0.2, -0.15) is 0 Å². The van der Waals surface area contributed by atoms with E-state index in [4.69, 9.17) is 0 Å². The first-order chi connectivity index (χ1) is 8.36. The lowest BCUT2D eigenvalue weighted by molar-refractivity contribution is 0.107. The van der Waals surface area contributed by atoms with Gasteiger partial charge in [0.05, 0.1) is 0 Å². The Balaban J connectivity index is 1.89. The molecule has 0 nitrogen and oxygen atoms in total. The predicted octanol–water partition coefficient (Wildman–Crippen LogP) is 5.01. The molecule has 92 valence electrons. The Kier molecular flexibility index (Phi) is 3.22. The molecule has 0 heterocycles. The van der Waals surface area contributed by atoms with Gasteiger partial charge in [0.25, 0.3) is 0 Å². The van der Waals surface area contributed by atoms with E-state index in [-0.39, 0.29) is 0 Å². The van der Waals surface area contributed by atoms with E-state index < -0.39 is 0 Å². The van der Waals surface area contributed by atoms with E-state index in [1.807, 2.05) is 0 Å². The molecule has 2 aliphatic carbocycles. The van der Waals surface area contributed by atoms with E-state index >= 15 is 0 Å². The summed E-state index contributed by atoms with van der Waals surface area (Å²) in [5.41, 5.74) is 1.61. The molecule has 2 saturated carbocycles. The molecule has 0 aliphatic heterocycles. The lowest BCUT2D eigenvalue weighted by atomic mass is 9.60. The van der Waals surface area contributed by atoms with E-state index in [0.717, 1.165) is 23.7 Å². The number of rotatable bonds is 1. The fourth-order valence-corrected chi connectivity index (χ4v) is 4.40. The fraction of sp³-hybridized carbons (Fsp3) is 0.647. The molecule has 3 rings (SSSR count). The first kappa shape index (κ1) is 11.3. The number of benzene rings is 1. The molecule has 17 heavy (non-hydrogen) atoms. The van der Waals surface area contributed by atoms with Crippen molar-refractivity contribution in [1.82, 2.24) is 0 Å². The molecule has 2 aliphatic rings. The SMILES string of the molecule is CC1CCC2CCCCC2C1c1ccccc1. The van der Waals surface area contributed by atoms with Gasteiger partial charge in [0.2, 0.25) is 0 Å². The smallest absolute Gasteiger partial charge is 0.0105 e. The summed E-state index contributed by atoms with van der Waals surface area (Å²) in [7, 11) is 0. The minimum absolute atomic E-state index is 0.843. The van der Waals surface area contributed by atoms with Gasteiger partial charge in [0.1, 0.15) is 0 Å². The van der Waals surface area contributed by atoms with E-state index in [9.17, 15) is 0 Å². The molecular formula is C17H24. The second-order valence-electron chi connectivity index (χ2n) is 6.20. The van der Waals surface area contributed by atoms with E-state index in [2.05, 4.69) is 37.3 Å². The summed E-state index contributed by atoms with van der Waals surface area (Å²) in [6, 6.07) is 11.3. The zero-order valence-electron chi connectivity index (χ0n) is 10.9. The van der Waals surface area contributed by atoms with Crippen LogP contribution in [0.3, 0.4) is 0 Å². The first-order valence-electron chi connectivity index (χ1n) is 7.41. The van der Waals surface area contributed by atoms with E-state index in [1.54, 1.807) is 5.56 Å². The lowest BCUT2D eigenvalue weighted by Crippen LogP contribution is -2.34. The van der Waals surface area contributed by atoms with Crippen LogP contribution < -0.4 is 0 Å². The molecule has 1 aromatic carbocycles. The molecule has 0 bridgehead atoms. The number of fused-ring (bicyclic) bond motifs is 1. The standard InChI is InChI=1S/C17H24/c1-13-11-12-14-7-5-6-10-16(14)17(13)15-8-3-2-4-9-15/h2-4,8-9,13-14,16-17H,5-7,10-12H2,1H3. The van der Waals surface area contributed by atoms with Crippen LogP contribution in [0.25, 0.3) is 0 Å². The van der Waals surface area contributed by atoms with Gasteiger partial charge in [-0.1, -0.05) is 56.5 Å². The molecule has 4 atom stereocenters. The Morgan fingerprint density at radius 1 is 0.882 bits per heavy atom. The van der Waals surface area contributed by atoms with Crippen molar-refractivity contribution >= 4 is 0 Å². The summed E-state index contributed by atoms with van der Waals surface area (Å²) in [5.74, 6) is 3.74. The molecule has 4 unspecified atom stereocenters. The summed E-state index contributed by atoms with van der Waals surface area (Å²) in [5, 5.41) is 0. The Morgan fingerprint density at radius 3 is 2.47 bits per heavy atom. The van der Waals surface area contributed by atoms with Gasteiger partial charge in [-0.05, 0) is 48.5 Å². The van der Waals surface area contributed by atoms with Crippen molar-refractivity contribution in [1.29, 1.82) is 0 Å². The molecule has 0 radical (unpaired) electrons. The highest BCUT2D eigenvalue weighted by Crippen LogP contribution is 2.50. The predicted molar refractivity (Wildman–Crippen MR) is 73.0 cm³/mol. The summed E-state index contributed by atoms with van der Waals surface area (Å²) in [6.45, 7) is 2.47. The topological polar surface area (TPSA) is 0 Å². The van der Waals surface area contributed by atoms with Crippen molar-refractivity contribution in [3.05, 3.63) is 35.9 Å². The summed E-state index contributed by atoms with van der Waals surface area (Å²) in [4.78, 5) is 0. The molecule has 0 saturated heterocycles. The minimum atomic E-state index is 0.843. The summed E-state index contributed by atoms with van der Waals surface area (Å²) >= 11 is 0. The van der Waals surface area contributed by atoms with E-state index in [1.165, 1.54) is 38.5 Å². The highest BCUT2D eigenvalue weighted by molar-refractivity contribution is 5.22. The van der Waals surface area contributed by atoms with Gasteiger partial charge in [0.15, 0.2) is 0 Å². The van der Waals surface area contributed by atoms with Crippen LogP contribution in [0.1, 0.15) is 56.9 Å². The summed E-state index contributed by atoms with van der Waals surface area (Å²) in [6.07, 6.45) is 8.87. The summed E-state index contributed by atoms with van der Waals surface area (Å²) < 4.78 is 0. The van der Waals surface area contributed by atoms with Crippen LogP contribution in [-0.2, 0) is 0 Å². The second-order valence-corrected chi connectivity index (χ2v) is 6.20. The zero-order chi connectivity index (χ0) is 11.7. The van der Waals surface area contributed by atoms with Gasteiger partial charge < -0.3 is 0 Å². The third-order valence-corrected chi connectivity index (χ3v) is 5.22. The van der Waals surface area contributed by atoms with Crippen LogP contribution in [-0.4, -0.2) is 0 Å². The largest absolute Gasteiger partial charge is 0.0622 e. The zero-order valence-corrected chi connectivity index (χ0v) is 10.9. The lowest BCUT2D eigenvalue weighted by Gasteiger charge is -2.45. The third kappa shape index (κ3) is 2.14. The molecule has 0 N–H and O–H groups in total. The fourth-order valence-electron chi connectivity index (χ4n) is 4.40. The quantitative estimate of drug-likeness (QED) is 0.634. The molecule has 0 spiro atoms. The van der Waals surface area contributed by atoms with Crippen molar-refractivity contribution in [3.8, 4) is 0 Å². The minimum Gasteiger partial charge on any atom is -0.0622 e. The first-order valence-corrected chi connectivity index (χ1v) is 7.41. The van der Waals surface area contributed by atoms with Crippen molar-refractivity contribution < 1.29 is 0 Å². The normalized spacial score (nSPS) is 37.5. The average molecular weight is 228 g/mol. The molecule has 0 heteroatoms. The Bertz CT molecular complexity index is 354. The highest BCUT2D eigenvalue weighted by atomic mass is 14.4. The van der Waals surface area contributed by atoms with Crippen LogP contribution in [0, 0.1) is 17.8 Å². The Labute approximate surface area is 105 Å². The molecule has 0 aromatic heterocycles. The Hall–Kier alpha value is -0.780. The van der Waals surface area contributed by atoms with Crippen LogP contribution in [0.5, 0.6) is 0 Å². The molecule has 1 aromatic rings. The highest BCUT2D eigenvalue weighted by Gasteiger charge is 2.38. The van der Waals surface area contributed by atoms with Crippen LogP contribution in [0.15, 0.2) is 30.3 Å². The van der Waals surface area contributed by atoms with E-state index in [0.29, 0.717) is 0 Å². The van der Waals surface area contributed by atoms with Crippen molar-refractivity contribution in [2.24, 2.45) is 17.8 Å². The van der Waals surface area contributed by atoms with Crippen molar-refractivity contribution in [2.45, 2.75) is 51.4 Å². The molecule has 2 fully saturated rings. The van der Waals surface area contributed by atoms with Crippen molar-refractivity contribution in [2.75, 3.05) is 0 Å². The maximum atomic E-state index is 2.47. The van der Waals surface area contributed by atoms with Gasteiger partial charge in [-0.3, -0.25) is 0 Å². The monoisotopic (exact) mass is 228 g/mol. The maximum Gasteiger partial charge on any atom is -0.0105 e. The van der Waals surface area contributed by atoms with Crippen LogP contribution >= 0.6 is 0 Å².